The summed E-state index contributed by atoms with van der Waals surface area (Å²) in [6, 6.07) is 11.7. The third kappa shape index (κ3) is 4.75. The van der Waals surface area contributed by atoms with Gasteiger partial charge in [0.2, 0.25) is 5.13 Å². The first-order valence-corrected chi connectivity index (χ1v) is 10.1. The van der Waals surface area contributed by atoms with Gasteiger partial charge >= 0.3 is 12.1 Å². The number of hydrogen-bond donors (Lipinski definition) is 0. The molecule has 0 atom stereocenters. The van der Waals surface area contributed by atoms with Crippen LogP contribution in [0.1, 0.15) is 27.2 Å². The van der Waals surface area contributed by atoms with Crippen molar-refractivity contribution in [3.8, 4) is 0 Å². The monoisotopic (exact) mass is 474 g/mol. The zero-order valence-electron chi connectivity index (χ0n) is 16.7. The fourth-order valence-corrected chi connectivity index (χ4v) is 3.89. The number of halogens is 3. The lowest BCUT2D eigenvalue weighted by atomic mass is 10.1. The van der Waals surface area contributed by atoms with E-state index in [-0.39, 0.29) is 16.5 Å². The van der Waals surface area contributed by atoms with E-state index in [0.29, 0.717) is 5.52 Å². The van der Waals surface area contributed by atoms with Crippen LogP contribution in [0.15, 0.2) is 64.1 Å². The van der Waals surface area contributed by atoms with Gasteiger partial charge in [0.05, 0.1) is 28.1 Å². The number of benzene rings is 2. The van der Waals surface area contributed by atoms with Gasteiger partial charge < -0.3 is 4.42 Å². The smallest absolute Gasteiger partial charge is 0.400 e. The number of hydrazone groups is 1. The molecule has 0 aliphatic carbocycles. The van der Waals surface area contributed by atoms with Crippen LogP contribution in [-0.2, 0) is 6.18 Å². The van der Waals surface area contributed by atoms with Crippen molar-refractivity contribution in [2.75, 3.05) is 5.01 Å². The fraction of sp³-hybridized carbons (Fsp3) is 0.0952. The summed E-state index contributed by atoms with van der Waals surface area (Å²) < 4.78 is 45.2. The molecule has 2 heterocycles. The minimum Gasteiger partial charge on any atom is -0.400 e. The number of furan rings is 1. The molecule has 0 spiro atoms. The molecule has 0 saturated carbocycles. The number of thiazole rings is 1. The van der Waals surface area contributed by atoms with Crippen LogP contribution in [0.4, 0.5) is 24.2 Å². The van der Waals surface area contributed by atoms with Crippen LogP contribution in [0.2, 0.25) is 0 Å². The van der Waals surface area contributed by atoms with Crippen LogP contribution in [-0.4, -0.2) is 22.0 Å². The molecule has 0 aliphatic heterocycles. The van der Waals surface area contributed by atoms with Crippen molar-refractivity contribution in [2.24, 2.45) is 5.10 Å². The Kier molecular flexibility index (Phi) is 5.68. The number of nitro groups is 1. The molecule has 0 radical (unpaired) electrons. The number of amides is 1. The van der Waals surface area contributed by atoms with Crippen LogP contribution in [0.25, 0.3) is 10.2 Å². The first-order chi connectivity index (χ1) is 15.6. The molecule has 33 heavy (non-hydrogen) atoms. The Labute approximate surface area is 187 Å². The highest BCUT2D eigenvalue weighted by atomic mass is 32.1. The molecular formula is C21H13F3N4O4S. The SMILES string of the molecule is Cc1ccc2nc(N(/N=C/c3ccc([N+](=O)[O-])o3)C(=O)c3cccc(C(F)(F)F)c3)sc2c1. The molecular weight excluding hydrogens is 461 g/mol. The van der Waals surface area contributed by atoms with Crippen molar-refractivity contribution >= 4 is 44.7 Å². The van der Waals surface area contributed by atoms with Gasteiger partial charge in [-0.05, 0) is 48.9 Å². The van der Waals surface area contributed by atoms with Crippen molar-refractivity contribution in [3.05, 3.63) is 87.2 Å². The van der Waals surface area contributed by atoms with Gasteiger partial charge in [0.1, 0.15) is 4.92 Å². The summed E-state index contributed by atoms with van der Waals surface area (Å²) in [7, 11) is 0. The molecule has 4 aromatic rings. The van der Waals surface area contributed by atoms with Crippen molar-refractivity contribution in [2.45, 2.75) is 13.1 Å². The number of rotatable bonds is 5. The van der Waals surface area contributed by atoms with E-state index in [0.717, 1.165) is 57.1 Å². The highest BCUT2D eigenvalue weighted by Crippen LogP contribution is 2.33. The van der Waals surface area contributed by atoms with Crippen molar-refractivity contribution < 1.29 is 27.3 Å². The predicted octanol–water partition coefficient (Wildman–Crippen LogP) is 5.81. The van der Waals surface area contributed by atoms with Crippen molar-refractivity contribution in [3.63, 3.8) is 0 Å². The Morgan fingerprint density at radius 1 is 1.21 bits per heavy atom. The molecule has 1 amide bonds. The number of fused-ring (bicyclic) bond motifs is 1. The fourth-order valence-electron chi connectivity index (χ4n) is 2.87. The van der Waals surface area contributed by atoms with Gasteiger partial charge in [0.25, 0.3) is 5.91 Å². The number of anilines is 1. The second-order valence-electron chi connectivity index (χ2n) is 6.84. The molecule has 2 aromatic heterocycles. The normalized spacial score (nSPS) is 11.9. The molecule has 168 valence electrons. The second-order valence-corrected chi connectivity index (χ2v) is 7.85. The van der Waals surface area contributed by atoms with E-state index in [1.807, 2.05) is 19.1 Å². The lowest BCUT2D eigenvalue weighted by molar-refractivity contribution is -0.402. The lowest BCUT2D eigenvalue weighted by Gasteiger charge is -2.14. The van der Waals surface area contributed by atoms with E-state index >= 15 is 0 Å². The molecule has 12 heteroatoms. The summed E-state index contributed by atoms with van der Waals surface area (Å²) >= 11 is 1.12. The summed E-state index contributed by atoms with van der Waals surface area (Å²) in [6.45, 7) is 1.88. The average molecular weight is 474 g/mol. The summed E-state index contributed by atoms with van der Waals surface area (Å²) in [5.41, 5.74) is 0.285. The molecule has 2 aromatic carbocycles. The highest BCUT2D eigenvalue weighted by molar-refractivity contribution is 7.22. The van der Waals surface area contributed by atoms with Crippen LogP contribution < -0.4 is 5.01 Å². The number of aryl methyl sites for hydroxylation is 1. The quantitative estimate of drug-likeness (QED) is 0.206. The Bertz CT molecular complexity index is 1390. The Hall–Kier alpha value is -4.06. The standard InChI is InChI=1S/C21H13F3N4O4S/c1-12-5-7-16-17(9-12)33-20(26-16)27(25-11-15-6-8-18(32-15)28(30)31)19(29)13-3-2-4-14(10-13)21(22,23)24/h2-11H,1H3/b25-11+. The van der Waals surface area contributed by atoms with E-state index in [4.69, 9.17) is 4.42 Å². The number of nitrogens with zero attached hydrogens (tertiary/aromatic N) is 4. The minimum absolute atomic E-state index is 0.0273. The van der Waals surface area contributed by atoms with Crippen LogP contribution >= 0.6 is 11.3 Å². The number of hydrogen-bond acceptors (Lipinski definition) is 7. The minimum atomic E-state index is -4.63. The maximum Gasteiger partial charge on any atom is 0.433 e. The van der Waals surface area contributed by atoms with Gasteiger partial charge in [-0.1, -0.05) is 23.5 Å². The Morgan fingerprint density at radius 2 is 2.00 bits per heavy atom. The summed E-state index contributed by atoms with van der Waals surface area (Å²) in [5.74, 6) is -1.42. The van der Waals surface area contributed by atoms with Crippen molar-refractivity contribution in [1.82, 2.24) is 4.98 Å². The third-order valence-corrected chi connectivity index (χ3v) is 5.43. The third-order valence-electron chi connectivity index (χ3n) is 4.44. The van der Waals surface area contributed by atoms with E-state index in [2.05, 4.69) is 10.1 Å². The van der Waals surface area contributed by atoms with Gasteiger partial charge in [-0.3, -0.25) is 14.9 Å². The number of aromatic nitrogens is 1. The first kappa shape index (κ1) is 22.1. The van der Waals surface area contributed by atoms with Gasteiger partial charge in [-0.15, -0.1) is 0 Å². The predicted molar refractivity (Wildman–Crippen MR) is 116 cm³/mol. The maximum atomic E-state index is 13.2. The molecule has 0 saturated heterocycles. The maximum absolute atomic E-state index is 13.2. The van der Waals surface area contributed by atoms with Gasteiger partial charge in [0.15, 0.2) is 5.76 Å². The molecule has 0 unspecified atom stereocenters. The van der Waals surface area contributed by atoms with Crippen LogP contribution in [0.5, 0.6) is 0 Å². The summed E-state index contributed by atoms with van der Waals surface area (Å²) in [4.78, 5) is 27.6. The molecule has 0 fully saturated rings. The summed E-state index contributed by atoms with van der Waals surface area (Å²) in [5, 5.41) is 15.8. The molecule has 0 bridgehead atoms. The first-order valence-electron chi connectivity index (χ1n) is 9.29. The Morgan fingerprint density at radius 3 is 2.70 bits per heavy atom. The molecule has 0 N–H and O–H groups in total. The lowest BCUT2D eigenvalue weighted by Crippen LogP contribution is -2.26. The van der Waals surface area contributed by atoms with E-state index in [1.165, 1.54) is 12.1 Å². The van der Waals surface area contributed by atoms with Gasteiger partial charge in [0, 0.05) is 5.56 Å². The average Bonchev–Trinajstić information content (AvgIpc) is 3.40. The molecule has 0 aliphatic rings. The number of carbonyl (C=O) groups is 1. The van der Waals surface area contributed by atoms with Gasteiger partial charge in [-0.2, -0.15) is 23.3 Å². The van der Waals surface area contributed by atoms with E-state index in [9.17, 15) is 28.1 Å². The van der Waals surface area contributed by atoms with Crippen LogP contribution in [0, 0.1) is 17.0 Å². The van der Waals surface area contributed by atoms with E-state index < -0.39 is 28.5 Å². The topological polar surface area (TPSA) is 102 Å². The Balaban J connectivity index is 1.76. The summed E-state index contributed by atoms with van der Waals surface area (Å²) in [6.07, 6.45) is -3.58. The van der Waals surface area contributed by atoms with Crippen molar-refractivity contribution in [1.29, 1.82) is 0 Å². The second kappa shape index (κ2) is 8.47. The molecule has 8 nitrogen and oxygen atoms in total. The number of carbonyl (C=O) groups excluding carboxylic acids is 1. The number of alkyl halides is 3. The largest absolute Gasteiger partial charge is 0.433 e. The highest BCUT2D eigenvalue weighted by Gasteiger charge is 2.32. The molecule has 4 rings (SSSR count). The zero-order valence-corrected chi connectivity index (χ0v) is 17.6. The zero-order chi connectivity index (χ0) is 23.8. The van der Waals surface area contributed by atoms with Crippen LogP contribution in [0.3, 0.4) is 0 Å². The van der Waals surface area contributed by atoms with E-state index in [1.54, 1.807) is 6.07 Å². The van der Waals surface area contributed by atoms with Gasteiger partial charge in [-0.25, -0.2) is 4.98 Å².